The van der Waals surface area contributed by atoms with Crippen LogP contribution in [0.3, 0.4) is 0 Å². The fraction of sp³-hybridized carbons (Fsp3) is 0.294. The maximum Gasteiger partial charge on any atom is 0.158 e. The molecular weight excluding hydrogens is 234 g/mol. The van der Waals surface area contributed by atoms with E-state index in [4.69, 9.17) is 4.84 Å². The number of hydroxylamine groups is 1. The Morgan fingerprint density at radius 2 is 1.74 bits per heavy atom. The summed E-state index contributed by atoms with van der Waals surface area (Å²) in [6.07, 6.45) is 1.03. The summed E-state index contributed by atoms with van der Waals surface area (Å²) >= 11 is 0. The highest BCUT2D eigenvalue weighted by Crippen LogP contribution is 2.28. The van der Waals surface area contributed by atoms with Crippen LogP contribution in [-0.2, 0) is 6.42 Å². The van der Waals surface area contributed by atoms with E-state index in [2.05, 4.69) is 37.3 Å². The molecule has 0 aliphatic carbocycles. The highest BCUT2D eigenvalue weighted by atomic mass is 16.7. The van der Waals surface area contributed by atoms with Crippen molar-refractivity contribution >= 4 is 5.69 Å². The molecule has 0 saturated heterocycles. The van der Waals surface area contributed by atoms with Crippen molar-refractivity contribution in [2.75, 3.05) is 11.6 Å². The van der Waals surface area contributed by atoms with Crippen LogP contribution < -0.4 is 9.90 Å². The van der Waals surface area contributed by atoms with Gasteiger partial charge in [0.2, 0.25) is 0 Å². The first kappa shape index (κ1) is 13.5. The third kappa shape index (κ3) is 3.08. The summed E-state index contributed by atoms with van der Waals surface area (Å²) in [7, 11) is 0. The average Bonchev–Trinajstić information content (AvgIpc) is 2.49. The van der Waals surface area contributed by atoms with E-state index in [1.165, 1.54) is 11.1 Å². The highest BCUT2D eigenvalue weighted by Gasteiger charge is 2.17. The highest BCUT2D eigenvalue weighted by molar-refractivity contribution is 5.48. The molecule has 2 aromatic carbocycles. The lowest BCUT2D eigenvalue weighted by Gasteiger charge is -2.30. The van der Waals surface area contributed by atoms with Crippen LogP contribution in [0.15, 0.2) is 48.5 Å². The minimum absolute atomic E-state index is 0.903. The number of nitrogens with zero attached hydrogens (tertiary/aromatic N) is 1. The minimum atomic E-state index is 0.903. The average molecular weight is 255 g/mol. The van der Waals surface area contributed by atoms with E-state index in [0.29, 0.717) is 0 Å². The van der Waals surface area contributed by atoms with Crippen molar-refractivity contribution < 1.29 is 4.84 Å². The number of aryl methyl sites for hydroxylation is 1. The van der Waals surface area contributed by atoms with E-state index in [0.717, 1.165) is 24.4 Å². The van der Waals surface area contributed by atoms with Crippen molar-refractivity contribution in [1.82, 2.24) is 0 Å². The summed E-state index contributed by atoms with van der Waals surface area (Å²) in [5, 5.41) is 1.96. The van der Waals surface area contributed by atoms with E-state index in [1.807, 2.05) is 37.1 Å². The first-order valence-corrected chi connectivity index (χ1v) is 6.93. The zero-order chi connectivity index (χ0) is 13.7. The Hall–Kier alpha value is -1.96. The zero-order valence-electron chi connectivity index (χ0n) is 11.9. The zero-order valence-corrected chi connectivity index (χ0v) is 11.9. The molecular formula is C17H21NO. The number of rotatable bonds is 1. The largest absolute Gasteiger partial charge is 0.379 e. The summed E-state index contributed by atoms with van der Waals surface area (Å²) in [5.41, 5.74) is 3.64. The number of para-hydroxylation sites is 1. The standard InChI is InChI=1S/C15H15NO.C2H6/c1-12-7-8-13-9-10-16(17-15(13)11-12)14-5-3-2-4-6-14;1-2/h2-8,11H,9-10H2,1H3;1-2H3. The van der Waals surface area contributed by atoms with Crippen LogP contribution in [0.1, 0.15) is 25.0 Å². The third-order valence-electron chi connectivity index (χ3n) is 3.06. The van der Waals surface area contributed by atoms with Crippen LogP contribution in [0.2, 0.25) is 0 Å². The molecule has 2 heteroatoms. The summed E-state index contributed by atoms with van der Waals surface area (Å²) in [4.78, 5) is 5.93. The van der Waals surface area contributed by atoms with Gasteiger partial charge >= 0.3 is 0 Å². The molecule has 0 N–H and O–H groups in total. The van der Waals surface area contributed by atoms with Crippen molar-refractivity contribution in [3.63, 3.8) is 0 Å². The van der Waals surface area contributed by atoms with Crippen molar-refractivity contribution in [1.29, 1.82) is 0 Å². The van der Waals surface area contributed by atoms with Gasteiger partial charge in [0.15, 0.2) is 5.75 Å². The lowest BCUT2D eigenvalue weighted by molar-refractivity contribution is 0.260. The van der Waals surface area contributed by atoms with E-state index in [1.54, 1.807) is 0 Å². The molecule has 100 valence electrons. The lowest BCUT2D eigenvalue weighted by Crippen LogP contribution is -2.33. The molecule has 0 unspecified atom stereocenters. The van der Waals surface area contributed by atoms with E-state index >= 15 is 0 Å². The predicted molar refractivity (Wildman–Crippen MR) is 80.6 cm³/mol. The number of hydrogen-bond donors (Lipinski definition) is 0. The van der Waals surface area contributed by atoms with Crippen molar-refractivity contribution in [2.24, 2.45) is 0 Å². The second-order valence-electron chi connectivity index (χ2n) is 4.39. The van der Waals surface area contributed by atoms with E-state index in [9.17, 15) is 0 Å². The topological polar surface area (TPSA) is 12.5 Å². The Morgan fingerprint density at radius 3 is 2.47 bits per heavy atom. The van der Waals surface area contributed by atoms with Crippen LogP contribution in [0, 0.1) is 6.92 Å². The quantitative estimate of drug-likeness (QED) is 0.750. The summed E-state index contributed by atoms with van der Waals surface area (Å²) < 4.78 is 0. The van der Waals surface area contributed by atoms with Crippen LogP contribution in [-0.4, -0.2) is 6.54 Å². The van der Waals surface area contributed by atoms with Crippen molar-refractivity contribution in [3.8, 4) is 5.75 Å². The fourth-order valence-corrected chi connectivity index (χ4v) is 2.12. The predicted octanol–water partition coefficient (Wildman–Crippen LogP) is 4.38. The van der Waals surface area contributed by atoms with Crippen LogP contribution in [0.25, 0.3) is 0 Å². The normalized spacial score (nSPS) is 12.9. The summed E-state index contributed by atoms with van der Waals surface area (Å²) in [5.74, 6) is 0.986. The Morgan fingerprint density at radius 1 is 1.00 bits per heavy atom. The van der Waals surface area contributed by atoms with Gasteiger partial charge < -0.3 is 4.84 Å². The van der Waals surface area contributed by atoms with Gasteiger partial charge in [-0.25, -0.2) is 5.06 Å². The third-order valence-corrected chi connectivity index (χ3v) is 3.06. The molecule has 19 heavy (non-hydrogen) atoms. The van der Waals surface area contributed by atoms with Gasteiger partial charge in [0.05, 0.1) is 12.2 Å². The minimum Gasteiger partial charge on any atom is -0.379 e. The van der Waals surface area contributed by atoms with Gasteiger partial charge in [-0.15, -0.1) is 0 Å². The molecule has 0 radical (unpaired) electrons. The monoisotopic (exact) mass is 255 g/mol. The molecule has 0 amide bonds. The van der Waals surface area contributed by atoms with Gasteiger partial charge in [0.25, 0.3) is 0 Å². The first-order valence-electron chi connectivity index (χ1n) is 6.93. The molecule has 1 heterocycles. The molecule has 1 aliphatic heterocycles. The molecule has 2 aromatic rings. The van der Waals surface area contributed by atoms with Gasteiger partial charge in [0, 0.05) is 0 Å². The molecule has 1 aliphatic rings. The molecule has 0 bridgehead atoms. The van der Waals surface area contributed by atoms with E-state index in [-0.39, 0.29) is 0 Å². The van der Waals surface area contributed by atoms with Gasteiger partial charge in [-0.05, 0) is 42.7 Å². The number of fused-ring (bicyclic) bond motifs is 1. The number of hydrogen-bond acceptors (Lipinski definition) is 2. The molecule has 0 aromatic heterocycles. The maximum absolute atomic E-state index is 5.93. The molecule has 0 spiro atoms. The van der Waals surface area contributed by atoms with Crippen LogP contribution in [0.4, 0.5) is 5.69 Å². The molecule has 3 rings (SSSR count). The Bertz CT molecular complexity index is 522. The lowest BCUT2D eigenvalue weighted by atomic mass is 10.1. The Kier molecular flexibility index (Phi) is 4.45. The van der Waals surface area contributed by atoms with Crippen LogP contribution >= 0.6 is 0 Å². The van der Waals surface area contributed by atoms with Gasteiger partial charge in [-0.2, -0.15) is 0 Å². The van der Waals surface area contributed by atoms with Crippen LogP contribution in [0.5, 0.6) is 5.75 Å². The molecule has 2 nitrogen and oxygen atoms in total. The van der Waals surface area contributed by atoms with Gasteiger partial charge in [-0.1, -0.05) is 44.2 Å². The molecule has 0 atom stereocenters. The maximum atomic E-state index is 5.93. The van der Waals surface area contributed by atoms with Crippen molar-refractivity contribution in [2.45, 2.75) is 27.2 Å². The SMILES string of the molecule is CC.Cc1ccc2c(c1)ON(c1ccccc1)CC2. The summed E-state index contributed by atoms with van der Waals surface area (Å²) in [6.45, 7) is 6.99. The smallest absolute Gasteiger partial charge is 0.158 e. The molecule has 0 fully saturated rings. The Balaban J connectivity index is 0.000000637. The number of benzene rings is 2. The van der Waals surface area contributed by atoms with Gasteiger partial charge in [0.1, 0.15) is 0 Å². The first-order chi connectivity index (χ1) is 9.33. The van der Waals surface area contributed by atoms with Gasteiger partial charge in [-0.3, -0.25) is 0 Å². The second kappa shape index (κ2) is 6.28. The number of anilines is 1. The summed E-state index contributed by atoms with van der Waals surface area (Å²) in [6, 6.07) is 16.6. The fourth-order valence-electron chi connectivity index (χ4n) is 2.12. The molecule has 0 saturated carbocycles. The second-order valence-corrected chi connectivity index (χ2v) is 4.39. The van der Waals surface area contributed by atoms with E-state index < -0.39 is 0 Å². The van der Waals surface area contributed by atoms with Crippen molar-refractivity contribution in [3.05, 3.63) is 59.7 Å². The Labute approximate surface area is 115 Å².